The van der Waals surface area contributed by atoms with Crippen LogP contribution in [0, 0.1) is 13.8 Å². The third-order valence-electron chi connectivity index (χ3n) is 2.61. The number of ether oxygens (including phenoxy) is 1. The molecule has 0 radical (unpaired) electrons. The number of pyridine rings is 1. The van der Waals surface area contributed by atoms with Crippen molar-refractivity contribution in [2.75, 3.05) is 13.1 Å². The molecule has 1 aliphatic rings. The smallest absolute Gasteiger partial charge is 0.123 e. The first kappa shape index (κ1) is 13.3. The monoisotopic (exact) mass is 240 g/mol. The van der Waals surface area contributed by atoms with Crippen molar-refractivity contribution < 1.29 is 4.74 Å². The predicted octanol–water partition coefficient (Wildman–Crippen LogP) is 1.94. The Morgan fingerprint density at radius 1 is 1.31 bits per heavy atom. The SMILES string of the molecule is Cc1cc(O[C@H]2CCCNC2)cc(C)n1.S. The summed E-state index contributed by atoms with van der Waals surface area (Å²) in [5, 5.41) is 3.34. The van der Waals surface area contributed by atoms with Gasteiger partial charge in [0.05, 0.1) is 0 Å². The summed E-state index contributed by atoms with van der Waals surface area (Å²) in [7, 11) is 0. The van der Waals surface area contributed by atoms with E-state index in [1.54, 1.807) is 0 Å². The summed E-state index contributed by atoms with van der Waals surface area (Å²) in [6.07, 6.45) is 2.67. The molecular formula is C12H20N2OS. The van der Waals surface area contributed by atoms with E-state index in [1.165, 1.54) is 6.42 Å². The highest BCUT2D eigenvalue weighted by Crippen LogP contribution is 2.17. The summed E-state index contributed by atoms with van der Waals surface area (Å²) in [5.74, 6) is 0.953. The second kappa shape index (κ2) is 6.11. The van der Waals surface area contributed by atoms with Crippen LogP contribution in [0.4, 0.5) is 0 Å². The van der Waals surface area contributed by atoms with E-state index in [9.17, 15) is 0 Å². The molecule has 1 aromatic heterocycles. The fourth-order valence-electron chi connectivity index (χ4n) is 1.98. The van der Waals surface area contributed by atoms with Crippen LogP contribution in [0.5, 0.6) is 5.75 Å². The maximum atomic E-state index is 5.91. The highest BCUT2D eigenvalue weighted by Gasteiger charge is 2.14. The average molecular weight is 240 g/mol. The lowest BCUT2D eigenvalue weighted by molar-refractivity contribution is 0.167. The molecule has 0 unspecified atom stereocenters. The van der Waals surface area contributed by atoms with Gasteiger partial charge in [-0.05, 0) is 33.2 Å². The number of aryl methyl sites for hydroxylation is 2. The van der Waals surface area contributed by atoms with Gasteiger partial charge >= 0.3 is 0 Å². The molecule has 0 aliphatic carbocycles. The lowest BCUT2D eigenvalue weighted by Gasteiger charge is -2.24. The molecule has 4 heteroatoms. The number of hydrogen-bond acceptors (Lipinski definition) is 3. The average Bonchev–Trinajstić information content (AvgIpc) is 2.17. The Balaban J connectivity index is 0.00000128. The molecule has 0 amide bonds. The van der Waals surface area contributed by atoms with Gasteiger partial charge in [0.1, 0.15) is 11.9 Å². The normalized spacial score (nSPS) is 20.0. The van der Waals surface area contributed by atoms with Crippen LogP contribution in [0.25, 0.3) is 0 Å². The minimum absolute atomic E-state index is 0. The zero-order valence-corrected chi connectivity index (χ0v) is 10.9. The van der Waals surface area contributed by atoms with Crippen LogP contribution >= 0.6 is 13.5 Å². The van der Waals surface area contributed by atoms with Crippen LogP contribution in [-0.2, 0) is 0 Å². The third-order valence-corrected chi connectivity index (χ3v) is 2.61. The van der Waals surface area contributed by atoms with Gasteiger partial charge in [0, 0.05) is 30.1 Å². The molecule has 1 N–H and O–H groups in total. The predicted molar refractivity (Wildman–Crippen MR) is 70.6 cm³/mol. The van der Waals surface area contributed by atoms with Gasteiger partial charge in [-0.3, -0.25) is 4.98 Å². The van der Waals surface area contributed by atoms with Crippen molar-refractivity contribution in [1.29, 1.82) is 0 Å². The Bertz CT molecular complexity index is 318. The van der Waals surface area contributed by atoms with Gasteiger partial charge in [-0.25, -0.2) is 0 Å². The van der Waals surface area contributed by atoms with Gasteiger partial charge < -0.3 is 10.1 Å². The molecule has 1 atom stereocenters. The van der Waals surface area contributed by atoms with Gasteiger partial charge in [-0.1, -0.05) is 0 Å². The summed E-state index contributed by atoms with van der Waals surface area (Å²) < 4.78 is 5.91. The summed E-state index contributed by atoms with van der Waals surface area (Å²) in [5.41, 5.74) is 2.04. The van der Waals surface area contributed by atoms with Crippen molar-refractivity contribution >= 4 is 13.5 Å². The summed E-state index contributed by atoms with van der Waals surface area (Å²) in [6.45, 7) is 6.08. The van der Waals surface area contributed by atoms with Crippen molar-refractivity contribution in [2.45, 2.75) is 32.8 Å². The fraction of sp³-hybridized carbons (Fsp3) is 0.583. The summed E-state index contributed by atoms with van der Waals surface area (Å²) in [6, 6.07) is 4.00. The molecule has 2 heterocycles. The standard InChI is InChI=1S/C12H18N2O.H2S/c1-9-6-12(7-10(2)14-9)15-11-4-3-5-13-8-11;/h6-7,11,13H,3-5,8H2,1-2H3;1H2/t11-;/m0./s1. The van der Waals surface area contributed by atoms with Gasteiger partial charge in [-0.15, -0.1) is 0 Å². The largest absolute Gasteiger partial charge is 0.489 e. The van der Waals surface area contributed by atoms with Crippen LogP contribution in [0.3, 0.4) is 0 Å². The van der Waals surface area contributed by atoms with Gasteiger partial charge in [0.2, 0.25) is 0 Å². The Morgan fingerprint density at radius 2 is 2.00 bits per heavy atom. The lowest BCUT2D eigenvalue weighted by Crippen LogP contribution is -2.37. The second-order valence-corrected chi connectivity index (χ2v) is 4.17. The van der Waals surface area contributed by atoms with E-state index in [2.05, 4.69) is 10.3 Å². The molecular weight excluding hydrogens is 220 g/mol. The molecule has 1 fully saturated rings. The zero-order valence-electron chi connectivity index (χ0n) is 9.92. The Kier molecular flexibility index (Phi) is 5.09. The Hall–Kier alpha value is -0.740. The van der Waals surface area contributed by atoms with E-state index in [0.29, 0.717) is 6.10 Å². The van der Waals surface area contributed by atoms with Crippen LogP contribution in [0.1, 0.15) is 24.2 Å². The van der Waals surface area contributed by atoms with E-state index in [1.807, 2.05) is 26.0 Å². The van der Waals surface area contributed by atoms with E-state index in [4.69, 9.17) is 4.74 Å². The molecule has 0 bridgehead atoms. The molecule has 3 nitrogen and oxygen atoms in total. The Morgan fingerprint density at radius 3 is 2.56 bits per heavy atom. The zero-order chi connectivity index (χ0) is 10.7. The minimum Gasteiger partial charge on any atom is -0.489 e. The van der Waals surface area contributed by atoms with Crippen molar-refractivity contribution in [3.63, 3.8) is 0 Å². The lowest BCUT2D eigenvalue weighted by atomic mass is 10.1. The highest BCUT2D eigenvalue weighted by atomic mass is 32.1. The third kappa shape index (κ3) is 3.68. The van der Waals surface area contributed by atoms with Gasteiger partial charge in [0.25, 0.3) is 0 Å². The second-order valence-electron chi connectivity index (χ2n) is 4.17. The van der Waals surface area contributed by atoms with E-state index in [-0.39, 0.29) is 13.5 Å². The van der Waals surface area contributed by atoms with Crippen LogP contribution in [0.2, 0.25) is 0 Å². The number of nitrogens with one attached hydrogen (secondary N) is 1. The van der Waals surface area contributed by atoms with Crippen molar-refractivity contribution in [2.24, 2.45) is 0 Å². The fourth-order valence-corrected chi connectivity index (χ4v) is 1.98. The number of nitrogens with zero attached hydrogens (tertiary/aromatic N) is 1. The summed E-state index contributed by atoms with van der Waals surface area (Å²) >= 11 is 0. The highest BCUT2D eigenvalue weighted by molar-refractivity contribution is 7.59. The molecule has 1 aliphatic heterocycles. The molecule has 16 heavy (non-hydrogen) atoms. The van der Waals surface area contributed by atoms with Crippen molar-refractivity contribution in [1.82, 2.24) is 10.3 Å². The number of hydrogen-bond donors (Lipinski definition) is 1. The maximum Gasteiger partial charge on any atom is 0.123 e. The van der Waals surface area contributed by atoms with Gasteiger partial charge in [-0.2, -0.15) is 13.5 Å². The number of rotatable bonds is 2. The first-order valence-electron chi connectivity index (χ1n) is 5.57. The van der Waals surface area contributed by atoms with Crippen LogP contribution in [0.15, 0.2) is 12.1 Å². The van der Waals surface area contributed by atoms with Crippen molar-refractivity contribution in [3.8, 4) is 5.75 Å². The quantitative estimate of drug-likeness (QED) is 0.858. The molecule has 0 aromatic carbocycles. The molecule has 1 aromatic rings. The number of aromatic nitrogens is 1. The van der Waals surface area contributed by atoms with E-state index < -0.39 is 0 Å². The topological polar surface area (TPSA) is 34.1 Å². The Labute approximate surface area is 104 Å². The van der Waals surface area contributed by atoms with E-state index in [0.717, 1.165) is 36.6 Å². The van der Waals surface area contributed by atoms with Gasteiger partial charge in [0.15, 0.2) is 0 Å². The summed E-state index contributed by atoms with van der Waals surface area (Å²) in [4.78, 5) is 4.33. The first-order chi connectivity index (χ1) is 7.24. The first-order valence-corrected chi connectivity index (χ1v) is 5.57. The van der Waals surface area contributed by atoms with Crippen LogP contribution < -0.4 is 10.1 Å². The van der Waals surface area contributed by atoms with E-state index >= 15 is 0 Å². The van der Waals surface area contributed by atoms with Crippen molar-refractivity contribution in [3.05, 3.63) is 23.5 Å². The minimum atomic E-state index is 0. The number of piperidine rings is 1. The molecule has 2 rings (SSSR count). The maximum absolute atomic E-state index is 5.91. The molecule has 0 spiro atoms. The molecule has 1 saturated heterocycles. The van der Waals surface area contributed by atoms with Crippen LogP contribution in [-0.4, -0.2) is 24.2 Å². The molecule has 0 saturated carbocycles. The molecule has 90 valence electrons.